The zero-order chi connectivity index (χ0) is 20.3. The number of anilines is 1. The second-order valence-electron chi connectivity index (χ2n) is 5.51. The Balaban J connectivity index is 1.93. The van der Waals surface area contributed by atoms with E-state index < -0.39 is 34.5 Å². The van der Waals surface area contributed by atoms with Crippen LogP contribution in [-0.2, 0) is 0 Å². The number of nitrogens with zero attached hydrogens (tertiary/aromatic N) is 2. The number of rotatable bonds is 3. The van der Waals surface area contributed by atoms with Crippen LogP contribution in [-0.4, -0.2) is 26.9 Å². The number of aromatic amines is 1. The van der Waals surface area contributed by atoms with Gasteiger partial charge in [0, 0.05) is 10.7 Å². The van der Waals surface area contributed by atoms with Crippen LogP contribution in [0.25, 0.3) is 5.69 Å². The van der Waals surface area contributed by atoms with Crippen LogP contribution in [0, 0.1) is 5.82 Å². The molecular weight excluding hydrogens is 391 g/mol. The van der Waals surface area contributed by atoms with Crippen molar-refractivity contribution in [1.82, 2.24) is 9.55 Å². The molecule has 0 spiro atoms. The second kappa shape index (κ2) is 7.89. The third kappa shape index (κ3) is 4.15. The molecule has 3 aromatic rings. The maximum Gasteiger partial charge on any atom is 0.345 e. The fraction of sp³-hybridized carbons (Fsp3) is 0. The summed E-state index contributed by atoms with van der Waals surface area (Å²) in [5, 5.41) is 13.0. The van der Waals surface area contributed by atoms with E-state index in [9.17, 15) is 23.9 Å². The van der Waals surface area contributed by atoms with Gasteiger partial charge in [-0.3, -0.25) is 9.78 Å². The molecule has 0 atom stereocenters. The molecule has 0 aliphatic rings. The minimum Gasteiger partial charge on any atom is -0.493 e. The summed E-state index contributed by atoms with van der Waals surface area (Å²) in [6.45, 7) is 0. The van der Waals surface area contributed by atoms with E-state index in [-0.39, 0.29) is 11.4 Å². The molecule has 142 valence electrons. The van der Waals surface area contributed by atoms with Gasteiger partial charge in [0.2, 0.25) is 5.88 Å². The molecule has 0 aliphatic heterocycles. The number of aromatic hydroxyl groups is 1. The maximum atomic E-state index is 12.9. The summed E-state index contributed by atoms with van der Waals surface area (Å²) < 4.78 is 13.7. The Morgan fingerprint density at radius 3 is 2.61 bits per heavy atom. The summed E-state index contributed by atoms with van der Waals surface area (Å²) in [6.07, 6.45) is 0.813. The van der Waals surface area contributed by atoms with E-state index in [1.165, 1.54) is 24.3 Å². The van der Waals surface area contributed by atoms with E-state index in [0.29, 0.717) is 5.02 Å². The van der Waals surface area contributed by atoms with Crippen molar-refractivity contribution in [1.29, 1.82) is 0 Å². The number of carbonyl (C=O) groups is 1. The predicted molar refractivity (Wildman–Crippen MR) is 102 cm³/mol. The molecule has 0 saturated carbocycles. The maximum absolute atomic E-state index is 12.9. The van der Waals surface area contributed by atoms with Crippen molar-refractivity contribution in [3.8, 4) is 11.6 Å². The highest BCUT2D eigenvalue weighted by Crippen LogP contribution is 2.18. The molecule has 0 radical (unpaired) electrons. The Labute approximate surface area is 161 Å². The van der Waals surface area contributed by atoms with Crippen LogP contribution >= 0.6 is 11.6 Å². The van der Waals surface area contributed by atoms with Crippen LogP contribution < -0.4 is 16.6 Å². The second-order valence-corrected chi connectivity index (χ2v) is 5.94. The first-order chi connectivity index (χ1) is 13.3. The number of aliphatic imine (C=N–C) groups is 1. The monoisotopic (exact) mass is 402 g/mol. The van der Waals surface area contributed by atoms with E-state index in [1.807, 2.05) is 4.98 Å². The lowest BCUT2D eigenvalue weighted by molar-refractivity contribution is 0.259. The van der Waals surface area contributed by atoms with E-state index in [4.69, 9.17) is 11.6 Å². The number of benzene rings is 2. The molecule has 1 heterocycles. The minimum atomic E-state index is -0.931. The van der Waals surface area contributed by atoms with Crippen LogP contribution in [0.15, 0.2) is 63.1 Å². The zero-order valence-electron chi connectivity index (χ0n) is 14.0. The van der Waals surface area contributed by atoms with Gasteiger partial charge in [-0.2, -0.15) is 0 Å². The molecule has 2 amide bonds. The number of carbonyl (C=O) groups excluding carboxylic acids is 1. The lowest BCUT2D eigenvalue weighted by atomic mass is 10.3. The van der Waals surface area contributed by atoms with E-state index >= 15 is 0 Å². The van der Waals surface area contributed by atoms with Gasteiger partial charge < -0.3 is 10.4 Å². The minimum absolute atomic E-state index is 0.205. The topological polar surface area (TPSA) is 117 Å². The molecule has 1 aromatic heterocycles. The van der Waals surface area contributed by atoms with Crippen molar-refractivity contribution in [3.63, 3.8) is 0 Å². The molecule has 3 N–H and O–H groups in total. The standard InChI is InChI=1S/C18H12ClFN4O4/c19-10-2-1-3-13(8-10)24-16(26)14(15(25)23-18(24)28)9-21-17(27)22-12-6-4-11(20)5-7-12/h1-9,26H,(H,22,27)(H,23,25,28)/b21-9+. The first kappa shape index (κ1) is 19.1. The van der Waals surface area contributed by atoms with Crippen molar-refractivity contribution >= 4 is 29.5 Å². The van der Waals surface area contributed by atoms with Crippen molar-refractivity contribution in [3.05, 3.63) is 85.8 Å². The van der Waals surface area contributed by atoms with Gasteiger partial charge in [-0.1, -0.05) is 17.7 Å². The van der Waals surface area contributed by atoms with Gasteiger partial charge in [-0.15, -0.1) is 0 Å². The Bertz CT molecular complexity index is 1190. The summed E-state index contributed by atoms with van der Waals surface area (Å²) in [5.74, 6) is -1.18. The Kier molecular flexibility index (Phi) is 5.37. The third-order valence-electron chi connectivity index (χ3n) is 3.59. The van der Waals surface area contributed by atoms with Crippen LogP contribution in [0.2, 0.25) is 5.02 Å². The fourth-order valence-electron chi connectivity index (χ4n) is 2.32. The molecule has 0 fully saturated rings. The lowest BCUT2D eigenvalue weighted by Gasteiger charge is -2.09. The largest absolute Gasteiger partial charge is 0.493 e. The molecule has 28 heavy (non-hydrogen) atoms. The number of urea groups is 1. The van der Waals surface area contributed by atoms with Gasteiger partial charge in [-0.25, -0.2) is 23.5 Å². The van der Waals surface area contributed by atoms with Crippen LogP contribution in [0.3, 0.4) is 0 Å². The molecular formula is C18H12ClFN4O4. The van der Waals surface area contributed by atoms with Crippen LogP contribution in [0.1, 0.15) is 5.56 Å². The first-order valence-electron chi connectivity index (χ1n) is 7.80. The summed E-state index contributed by atoms with van der Waals surface area (Å²) in [5.41, 5.74) is -1.74. The highest BCUT2D eigenvalue weighted by molar-refractivity contribution is 6.30. The van der Waals surface area contributed by atoms with Crippen LogP contribution in [0.5, 0.6) is 5.88 Å². The highest BCUT2D eigenvalue weighted by atomic mass is 35.5. The average Bonchev–Trinajstić information content (AvgIpc) is 2.63. The highest BCUT2D eigenvalue weighted by Gasteiger charge is 2.15. The SMILES string of the molecule is O=C(/N=C/c1c(O)n(-c2cccc(Cl)c2)c(=O)[nH]c1=O)Nc1ccc(F)cc1. The van der Waals surface area contributed by atoms with Gasteiger partial charge >= 0.3 is 11.7 Å². The quantitative estimate of drug-likeness (QED) is 0.584. The van der Waals surface area contributed by atoms with E-state index in [0.717, 1.165) is 22.9 Å². The summed E-state index contributed by atoms with van der Waals surface area (Å²) in [4.78, 5) is 41.5. The number of H-pyrrole nitrogens is 1. The summed E-state index contributed by atoms with van der Waals surface area (Å²) in [6, 6.07) is 10.1. The number of amides is 2. The van der Waals surface area contributed by atoms with Gasteiger partial charge in [0.15, 0.2) is 0 Å². The molecule has 10 heteroatoms. The smallest absolute Gasteiger partial charge is 0.345 e. The van der Waals surface area contributed by atoms with Crippen molar-refractivity contribution in [2.24, 2.45) is 4.99 Å². The molecule has 0 saturated heterocycles. The van der Waals surface area contributed by atoms with Gasteiger partial charge in [-0.05, 0) is 42.5 Å². The van der Waals surface area contributed by atoms with E-state index in [1.54, 1.807) is 12.1 Å². The fourth-order valence-corrected chi connectivity index (χ4v) is 2.51. The average molecular weight is 403 g/mol. The molecule has 0 aliphatic carbocycles. The molecule has 8 nitrogen and oxygen atoms in total. The van der Waals surface area contributed by atoms with Gasteiger partial charge in [0.1, 0.15) is 11.4 Å². The Morgan fingerprint density at radius 2 is 1.93 bits per heavy atom. The Morgan fingerprint density at radius 1 is 1.21 bits per heavy atom. The number of hydrogen-bond acceptors (Lipinski definition) is 4. The summed E-state index contributed by atoms with van der Waals surface area (Å²) >= 11 is 5.89. The Hall–Kier alpha value is -3.72. The van der Waals surface area contributed by atoms with Gasteiger partial charge in [0.25, 0.3) is 5.56 Å². The zero-order valence-corrected chi connectivity index (χ0v) is 14.8. The third-order valence-corrected chi connectivity index (χ3v) is 3.83. The summed E-state index contributed by atoms with van der Waals surface area (Å²) in [7, 11) is 0. The molecule has 0 unspecified atom stereocenters. The normalized spacial score (nSPS) is 10.9. The van der Waals surface area contributed by atoms with E-state index in [2.05, 4.69) is 10.3 Å². The molecule has 0 bridgehead atoms. The van der Waals surface area contributed by atoms with Crippen molar-refractivity contribution < 1.29 is 14.3 Å². The van der Waals surface area contributed by atoms with Crippen molar-refractivity contribution in [2.45, 2.75) is 0 Å². The van der Waals surface area contributed by atoms with Crippen molar-refractivity contribution in [2.75, 3.05) is 5.32 Å². The molecule has 2 aromatic carbocycles. The first-order valence-corrected chi connectivity index (χ1v) is 8.18. The lowest BCUT2D eigenvalue weighted by Crippen LogP contribution is -2.31. The molecule has 3 rings (SSSR count). The van der Waals surface area contributed by atoms with Gasteiger partial charge in [0.05, 0.1) is 11.9 Å². The number of halogens is 2. The number of hydrogen-bond donors (Lipinski definition) is 3. The van der Waals surface area contributed by atoms with Crippen LogP contribution in [0.4, 0.5) is 14.9 Å². The number of nitrogens with one attached hydrogen (secondary N) is 2. The number of aromatic nitrogens is 2. The predicted octanol–water partition coefficient (Wildman–Crippen LogP) is 2.67.